The van der Waals surface area contributed by atoms with Crippen molar-refractivity contribution < 1.29 is 23.5 Å². The zero-order chi connectivity index (χ0) is 21.4. The second-order valence-corrected chi connectivity index (χ2v) is 6.69. The van der Waals surface area contributed by atoms with Crippen molar-refractivity contribution in [3.63, 3.8) is 0 Å². The maximum absolute atomic E-state index is 13.7. The molecule has 5 nitrogen and oxygen atoms in total. The molecule has 0 saturated carbocycles. The SMILES string of the molecule is CC[C@@H](C)c1ccccc1NC(=O)[C@@H](C)OC(=O)/C=C/c1ccc(OC)c(F)c1. The highest BCUT2D eigenvalue weighted by Gasteiger charge is 2.18. The second-order valence-electron chi connectivity index (χ2n) is 6.69. The quantitative estimate of drug-likeness (QED) is 0.505. The lowest BCUT2D eigenvalue weighted by molar-refractivity contribution is -0.148. The lowest BCUT2D eigenvalue weighted by Crippen LogP contribution is -2.29. The molecule has 0 saturated heterocycles. The van der Waals surface area contributed by atoms with Gasteiger partial charge in [-0.25, -0.2) is 9.18 Å². The third-order valence-electron chi connectivity index (χ3n) is 4.61. The van der Waals surface area contributed by atoms with E-state index in [1.165, 1.54) is 32.2 Å². The van der Waals surface area contributed by atoms with Gasteiger partial charge in [0.05, 0.1) is 7.11 Å². The molecule has 0 aliphatic heterocycles. The first-order valence-electron chi connectivity index (χ1n) is 9.47. The largest absolute Gasteiger partial charge is 0.494 e. The fraction of sp³-hybridized carbons (Fsp3) is 0.304. The van der Waals surface area contributed by atoms with Crippen LogP contribution in [-0.2, 0) is 14.3 Å². The monoisotopic (exact) mass is 399 g/mol. The molecule has 1 N–H and O–H groups in total. The first-order chi connectivity index (χ1) is 13.8. The van der Waals surface area contributed by atoms with Crippen molar-refractivity contribution in [2.45, 2.75) is 39.2 Å². The van der Waals surface area contributed by atoms with E-state index in [0.717, 1.165) is 18.1 Å². The summed E-state index contributed by atoms with van der Waals surface area (Å²) in [5.74, 6) is -1.24. The van der Waals surface area contributed by atoms with E-state index in [-0.39, 0.29) is 11.7 Å². The first-order valence-corrected chi connectivity index (χ1v) is 9.47. The van der Waals surface area contributed by atoms with Crippen LogP contribution in [-0.4, -0.2) is 25.1 Å². The minimum Gasteiger partial charge on any atom is -0.494 e. The van der Waals surface area contributed by atoms with E-state index in [4.69, 9.17) is 9.47 Å². The second kappa shape index (κ2) is 10.4. The fourth-order valence-electron chi connectivity index (χ4n) is 2.71. The Morgan fingerprint density at radius 3 is 2.55 bits per heavy atom. The van der Waals surface area contributed by atoms with E-state index in [2.05, 4.69) is 19.2 Å². The predicted molar refractivity (Wildman–Crippen MR) is 111 cm³/mol. The smallest absolute Gasteiger partial charge is 0.331 e. The molecule has 2 rings (SSSR count). The Morgan fingerprint density at radius 1 is 1.17 bits per heavy atom. The summed E-state index contributed by atoms with van der Waals surface area (Å²) in [6, 6.07) is 11.9. The molecule has 0 fully saturated rings. The number of rotatable bonds is 8. The van der Waals surface area contributed by atoms with Crippen molar-refractivity contribution in [1.29, 1.82) is 0 Å². The minimum absolute atomic E-state index is 0.118. The van der Waals surface area contributed by atoms with E-state index in [1.807, 2.05) is 24.3 Å². The lowest BCUT2D eigenvalue weighted by Gasteiger charge is -2.17. The van der Waals surface area contributed by atoms with Gasteiger partial charge in [0, 0.05) is 11.8 Å². The van der Waals surface area contributed by atoms with Crippen LogP contribution in [0.2, 0.25) is 0 Å². The summed E-state index contributed by atoms with van der Waals surface area (Å²) in [5.41, 5.74) is 2.21. The first kappa shape index (κ1) is 22.1. The van der Waals surface area contributed by atoms with Crippen LogP contribution >= 0.6 is 0 Å². The summed E-state index contributed by atoms with van der Waals surface area (Å²) in [6.07, 6.45) is 2.52. The number of hydrogen-bond donors (Lipinski definition) is 1. The molecule has 29 heavy (non-hydrogen) atoms. The molecular weight excluding hydrogens is 373 g/mol. The summed E-state index contributed by atoms with van der Waals surface area (Å²) in [7, 11) is 1.37. The molecule has 0 aromatic heterocycles. The number of ether oxygens (including phenoxy) is 2. The van der Waals surface area contributed by atoms with Crippen molar-refractivity contribution in [2.24, 2.45) is 0 Å². The molecule has 0 aliphatic rings. The number of benzene rings is 2. The molecule has 6 heteroatoms. The fourth-order valence-corrected chi connectivity index (χ4v) is 2.71. The van der Waals surface area contributed by atoms with Crippen molar-refractivity contribution >= 4 is 23.6 Å². The van der Waals surface area contributed by atoms with Gasteiger partial charge in [-0.05, 0) is 54.7 Å². The van der Waals surface area contributed by atoms with Gasteiger partial charge in [-0.15, -0.1) is 0 Å². The average molecular weight is 399 g/mol. The summed E-state index contributed by atoms with van der Waals surface area (Å²) in [4.78, 5) is 24.4. The number of carbonyl (C=O) groups is 2. The Morgan fingerprint density at radius 2 is 1.90 bits per heavy atom. The minimum atomic E-state index is -0.982. The van der Waals surface area contributed by atoms with Crippen molar-refractivity contribution in [1.82, 2.24) is 0 Å². The van der Waals surface area contributed by atoms with Gasteiger partial charge < -0.3 is 14.8 Å². The Kier molecular flexibility index (Phi) is 7.95. The zero-order valence-corrected chi connectivity index (χ0v) is 17.1. The molecule has 2 aromatic rings. The van der Waals surface area contributed by atoms with Crippen LogP contribution in [0.3, 0.4) is 0 Å². The normalized spacial score (nSPS) is 13.0. The maximum Gasteiger partial charge on any atom is 0.331 e. The van der Waals surface area contributed by atoms with Crippen LogP contribution < -0.4 is 10.1 Å². The highest BCUT2D eigenvalue weighted by molar-refractivity contribution is 5.97. The molecule has 0 bridgehead atoms. The van der Waals surface area contributed by atoms with Crippen LogP contribution in [0.4, 0.5) is 10.1 Å². The summed E-state index contributed by atoms with van der Waals surface area (Å²) in [6.45, 7) is 5.66. The third-order valence-corrected chi connectivity index (χ3v) is 4.61. The summed E-state index contributed by atoms with van der Waals surface area (Å²) in [5, 5.41) is 2.82. The predicted octanol–water partition coefficient (Wildman–Crippen LogP) is 4.93. The average Bonchev–Trinajstić information content (AvgIpc) is 2.72. The Bertz CT molecular complexity index is 894. The van der Waals surface area contributed by atoms with Crippen LogP contribution in [0.5, 0.6) is 5.75 Å². The number of halogens is 1. The highest BCUT2D eigenvalue weighted by Crippen LogP contribution is 2.26. The molecule has 1 amide bonds. The summed E-state index contributed by atoms with van der Waals surface area (Å²) >= 11 is 0. The molecule has 0 aliphatic carbocycles. The van der Waals surface area contributed by atoms with Crippen molar-refractivity contribution in [2.75, 3.05) is 12.4 Å². The van der Waals surface area contributed by atoms with E-state index >= 15 is 0 Å². The lowest BCUT2D eigenvalue weighted by atomic mass is 9.97. The van der Waals surface area contributed by atoms with Crippen LogP contribution in [0.15, 0.2) is 48.5 Å². The Balaban J connectivity index is 1.97. The van der Waals surface area contributed by atoms with Crippen molar-refractivity contribution in [3.05, 3.63) is 65.5 Å². The molecular formula is C23H26FNO4. The topological polar surface area (TPSA) is 64.6 Å². The Labute approximate surface area is 170 Å². The highest BCUT2D eigenvalue weighted by atomic mass is 19.1. The van der Waals surface area contributed by atoms with Gasteiger partial charge in [-0.3, -0.25) is 4.79 Å². The number of anilines is 1. The Hall–Kier alpha value is -3.15. The van der Waals surface area contributed by atoms with Crippen molar-refractivity contribution in [3.8, 4) is 5.75 Å². The van der Waals surface area contributed by atoms with Crippen LogP contribution in [0, 0.1) is 5.82 Å². The summed E-state index contributed by atoms with van der Waals surface area (Å²) < 4.78 is 23.7. The van der Waals surface area contributed by atoms with E-state index in [9.17, 15) is 14.0 Å². The van der Waals surface area contributed by atoms with E-state index in [1.54, 1.807) is 6.07 Å². The van der Waals surface area contributed by atoms with Gasteiger partial charge in [0.25, 0.3) is 5.91 Å². The number of nitrogens with one attached hydrogen (secondary N) is 1. The molecule has 2 atom stereocenters. The van der Waals surface area contributed by atoms with Gasteiger partial charge in [-0.2, -0.15) is 0 Å². The molecule has 0 unspecified atom stereocenters. The molecule has 154 valence electrons. The van der Waals surface area contributed by atoms with Crippen LogP contribution in [0.25, 0.3) is 6.08 Å². The number of para-hydroxylation sites is 1. The number of esters is 1. The number of amides is 1. The standard InChI is InChI=1S/C23H26FNO4/c1-5-15(2)18-8-6-7-9-20(18)25-23(27)16(3)29-22(26)13-11-17-10-12-21(28-4)19(24)14-17/h6-16H,5H2,1-4H3,(H,25,27)/b13-11+/t15-,16-/m1/s1. The number of methoxy groups -OCH3 is 1. The molecule has 0 spiro atoms. The van der Waals surface area contributed by atoms with Gasteiger partial charge in [0.2, 0.25) is 0 Å². The van der Waals surface area contributed by atoms with Gasteiger partial charge >= 0.3 is 5.97 Å². The van der Waals surface area contributed by atoms with Gasteiger partial charge in [-0.1, -0.05) is 38.1 Å². The maximum atomic E-state index is 13.7. The number of carbonyl (C=O) groups excluding carboxylic acids is 2. The van der Waals surface area contributed by atoms with Crippen LogP contribution in [0.1, 0.15) is 44.2 Å². The van der Waals surface area contributed by atoms with Gasteiger partial charge in [0.1, 0.15) is 0 Å². The van der Waals surface area contributed by atoms with E-state index in [0.29, 0.717) is 11.3 Å². The number of hydrogen-bond acceptors (Lipinski definition) is 4. The van der Waals surface area contributed by atoms with E-state index < -0.39 is 23.8 Å². The molecule has 2 aromatic carbocycles. The molecule has 0 heterocycles. The molecule has 0 radical (unpaired) electrons. The third kappa shape index (κ3) is 6.17. The zero-order valence-electron chi connectivity index (χ0n) is 17.1. The van der Waals surface area contributed by atoms with Gasteiger partial charge in [0.15, 0.2) is 17.7 Å².